The van der Waals surface area contributed by atoms with Crippen LogP contribution in [0.4, 0.5) is 0 Å². The average molecular weight is 237 g/mol. The predicted molar refractivity (Wildman–Crippen MR) is 74.1 cm³/mol. The zero-order valence-corrected chi connectivity index (χ0v) is 11.6. The first kappa shape index (κ1) is 13.6. The molecule has 0 radical (unpaired) electrons. The highest BCUT2D eigenvalue weighted by atomic mass is 32.2. The first-order chi connectivity index (χ1) is 7.69. The van der Waals surface area contributed by atoms with Crippen LogP contribution in [0, 0.1) is 5.92 Å². The molecule has 1 aromatic carbocycles. The normalized spacial score (nSPS) is 13.1. The van der Waals surface area contributed by atoms with Crippen LogP contribution in [-0.2, 0) is 0 Å². The molecule has 1 aromatic rings. The summed E-state index contributed by atoms with van der Waals surface area (Å²) in [6.45, 7) is 9.91. The van der Waals surface area contributed by atoms with Crippen LogP contribution in [0.1, 0.15) is 39.3 Å². The topological polar surface area (TPSA) is 12.0 Å². The van der Waals surface area contributed by atoms with Gasteiger partial charge >= 0.3 is 0 Å². The maximum atomic E-state index is 3.54. The van der Waals surface area contributed by atoms with Crippen molar-refractivity contribution in [1.82, 2.24) is 5.32 Å². The minimum Gasteiger partial charge on any atom is -0.310 e. The second kappa shape index (κ2) is 6.97. The summed E-state index contributed by atoms with van der Waals surface area (Å²) in [7, 11) is 0. The van der Waals surface area contributed by atoms with Gasteiger partial charge in [0, 0.05) is 10.9 Å². The van der Waals surface area contributed by atoms with Gasteiger partial charge in [-0.05, 0) is 35.9 Å². The van der Waals surface area contributed by atoms with Gasteiger partial charge in [-0.1, -0.05) is 39.8 Å². The molecule has 0 saturated heterocycles. The molecular weight excluding hydrogens is 214 g/mol. The van der Waals surface area contributed by atoms with Crippen molar-refractivity contribution < 1.29 is 0 Å². The molecule has 2 heteroatoms. The third-order valence-electron chi connectivity index (χ3n) is 2.64. The van der Waals surface area contributed by atoms with E-state index in [9.17, 15) is 0 Å². The van der Waals surface area contributed by atoms with E-state index in [2.05, 4.69) is 57.3 Å². The Morgan fingerprint density at radius 3 is 2.19 bits per heavy atom. The Kier molecular flexibility index (Phi) is 5.93. The SMILES string of the molecule is CCNC(c1ccc(SCC)cc1)C(C)C. The Labute approximate surface area is 104 Å². The van der Waals surface area contributed by atoms with Gasteiger partial charge in [0.15, 0.2) is 0 Å². The lowest BCUT2D eigenvalue weighted by Crippen LogP contribution is -2.25. The van der Waals surface area contributed by atoms with E-state index in [-0.39, 0.29) is 0 Å². The molecule has 0 amide bonds. The lowest BCUT2D eigenvalue weighted by Gasteiger charge is -2.22. The Bertz CT molecular complexity index is 292. The highest BCUT2D eigenvalue weighted by Crippen LogP contribution is 2.24. The second-order valence-electron chi connectivity index (χ2n) is 4.28. The molecule has 1 unspecified atom stereocenters. The van der Waals surface area contributed by atoms with Crippen LogP contribution in [0.5, 0.6) is 0 Å². The largest absolute Gasteiger partial charge is 0.310 e. The van der Waals surface area contributed by atoms with Gasteiger partial charge in [0.1, 0.15) is 0 Å². The van der Waals surface area contributed by atoms with E-state index in [0.29, 0.717) is 12.0 Å². The van der Waals surface area contributed by atoms with E-state index in [1.165, 1.54) is 10.5 Å². The summed E-state index contributed by atoms with van der Waals surface area (Å²) in [6.07, 6.45) is 0. The van der Waals surface area contributed by atoms with Gasteiger partial charge in [-0.3, -0.25) is 0 Å². The van der Waals surface area contributed by atoms with Gasteiger partial charge in [-0.2, -0.15) is 0 Å². The Morgan fingerprint density at radius 2 is 1.75 bits per heavy atom. The third kappa shape index (κ3) is 3.84. The van der Waals surface area contributed by atoms with Gasteiger partial charge in [0.2, 0.25) is 0 Å². The van der Waals surface area contributed by atoms with E-state index in [1.807, 2.05) is 11.8 Å². The van der Waals surface area contributed by atoms with E-state index in [4.69, 9.17) is 0 Å². The van der Waals surface area contributed by atoms with Crippen LogP contribution < -0.4 is 5.32 Å². The Morgan fingerprint density at radius 1 is 1.12 bits per heavy atom. The summed E-state index contributed by atoms with van der Waals surface area (Å²) in [6, 6.07) is 9.45. The summed E-state index contributed by atoms with van der Waals surface area (Å²) in [5.74, 6) is 1.77. The number of hydrogen-bond acceptors (Lipinski definition) is 2. The Balaban J connectivity index is 2.77. The van der Waals surface area contributed by atoms with Crippen molar-refractivity contribution in [1.29, 1.82) is 0 Å². The average Bonchev–Trinajstić information content (AvgIpc) is 2.27. The van der Waals surface area contributed by atoms with Crippen molar-refractivity contribution in [3.05, 3.63) is 29.8 Å². The minimum atomic E-state index is 0.477. The molecule has 90 valence electrons. The van der Waals surface area contributed by atoms with Crippen molar-refractivity contribution >= 4 is 11.8 Å². The summed E-state index contributed by atoms with van der Waals surface area (Å²) >= 11 is 1.90. The molecule has 0 fully saturated rings. The zero-order chi connectivity index (χ0) is 12.0. The molecule has 0 saturated carbocycles. The van der Waals surface area contributed by atoms with Crippen LogP contribution >= 0.6 is 11.8 Å². The van der Waals surface area contributed by atoms with Crippen LogP contribution in [-0.4, -0.2) is 12.3 Å². The highest BCUT2D eigenvalue weighted by molar-refractivity contribution is 7.99. The van der Waals surface area contributed by atoms with Gasteiger partial charge < -0.3 is 5.32 Å². The minimum absolute atomic E-state index is 0.477. The number of hydrogen-bond donors (Lipinski definition) is 1. The van der Waals surface area contributed by atoms with Crippen molar-refractivity contribution in [2.24, 2.45) is 5.92 Å². The fourth-order valence-corrected chi connectivity index (χ4v) is 2.56. The molecule has 0 aliphatic rings. The van der Waals surface area contributed by atoms with Crippen LogP contribution in [0.2, 0.25) is 0 Å². The molecule has 0 spiro atoms. The molecule has 1 rings (SSSR count). The van der Waals surface area contributed by atoms with Crippen LogP contribution in [0.3, 0.4) is 0 Å². The van der Waals surface area contributed by atoms with Crippen molar-refractivity contribution in [2.45, 2.75) is 38.6 Å². The third-order valence-corrected chi connectivity index (χ3v) is 3.54. The van der Waals surface area contributed by atoms with Gasteiger partial charge in [-0.25, -0.2) is 0 Å². The highest BCUT2D eigenvalue weighted by Gasteiger charge is 2.13. The lowest BCUT2D eigenvalue weighted by molar-refractivity contribution is 0.421. The number of benzene rings is 1. The smallest absolute Gasteiger partial charge is 0.0343 e. The maximum absolute atomic E-state index is 3.54. The lowest BCUT2D eigenvalue weighted by atomic mass is 9.96. The Hall–Kier alpha value is -0.470. The van der Waals surface area contributed by atoms with Gasteiger partial charge in [0.05, 0.1) is 0 Å². The van der Waals surface area contributed by atoms with Crippen molar-refractivity contribution in [3.63, 3.8) is 0 Å². The summed E-state index contributed by atoms with van der Waals surface area (Å²) in [4.78, 5) is 1.37. The first-order valence-electron chi connectivity index (χ1n) is 6.15. The fraction of sp³-hybridized carbons (Fsp3) is 0.571. The second-order valence-corrected chi connectivity index (χ2v) is 5.62. The zero-order valence-electron chi connectivity index (χ0n) is 10.8. The summed E-state index contributed by atoms with van der Waals surface area (Å²) in [5, 5.41) is 3.54. The molecule has 1 nitrogen and oxygen atoms in total. The molecule has 0 aliphatic carbocycles. The molecule has 1 N–H and O–H groups in total. The molecule has 1 atom stereocenters. The van der Waals surface area contributed by atoms with Gasteiger partial charge in [-0.15, -0.1) is 11.8 Å². The number of nitrogens with one attached hydrogen (secondary N) is 1. The summed E-state index contributed by atoms with van der Waals surface area (Å²) in [5.41, 5.74) is 1.40. The molecule has 0 aliphatic heterocycles. The van der Waals surface area contributed by atoms with Crippen molar-refractivity contribution in [3.8, 4) is 0 Å². The molecular formula is C14H23NS. The number of rotatable bonds is 6. The predicted octanol–water partition coefficient (Wildman–Crippen LogP) is 4.11. The van der Waals surface area contributed by atoms with E-state index >= 15 is 0 Å². The fourth-order valence-electron chi connectivity index (χ4n) is 1.90. The van der Waals surface area contributed by atoms with Gasteiger partial charge in [0.25, 0.3) is 0 Å². The molecule has 0 heterocycles. The number of thioether (sulfide) groups is 1. The quantitative estimate of drug-likeness (QED) is 0.747. The first-order valence-corrected chi connectivity index (χ1v) is 7.13. The molecule has 0 bridgehead atoms. The van der Waals surface area contributed by atoms with Crippen LogP contribution in [0.15, 0.2) is 29.2 Å². The maximum Gasteiger partial charge on any atom is 0.0343 e. The van der Waals surface area contributed by atoms with E-state index in [1.54, 1.807) is 0 Å². The van der Waals surface area contributed by atoms with Crippen molar-refractivity contribution in [2.75, 3.05) is 12.3 Å². The molecule has 0 aromatic heterocycles. The van der Waals surface area contributed by atoms with E-state index in [0.717, 1.165) is 12.3 Å². The monoisotopic (exact) mass is 237 g/mol. The van der Waals surface area contributed by atoms with E-state index < -0.39 is 0 Å². The van der Waals surface area contributed by atoms with Crippen LogP contribution in [0.25, 0.3) is 0 Å². The molecule has 16 heavy (non-hydrogen) atoms. The summed E-state index contributed by atoms with van der Waals surface area (Å²) < 4.78 is 0. The standard InChI is InChI=1S/C14H23NS/c1-5-15-14(11(3)4)12-7-9-13(10-8-12)16-6-2/h7-11,14-15H,5-6H2,1-4H3.